The standard InChI is InChI=1S/C22H26N2O2S/c1-15-12-13-19(26-3)17(14-15)16(2)23-21(25)10-6-7-11-22-24-18-8-4-5-9-20(18)27-22/h4-5,8-9,12-14,16H,6-7,10-11H2,1-3H3,(H,23,25)/t16-/m0/s1. The molecule has 27 heavy (non-hydrogen) atoms. The van der Waals surface area contributed by atoms with E-state index < -0.39 is 0 Å². The number of carbonyl (C=O) groups is 1. The molecule has 4 nitrogen and oxygen atoms in total. The molecule has 1 heterocycles. The molecule has 5 heteroatoms. The van der Waals surface area contributed by atoms with Crippen molar-refractivity contribution in [2.75, 3.05) is 7.11 Å². The number of fused-ring (bicyclic) bond motifs is 1. The Morgan fingerprint density at radius 2 is 2.04 bits per heavy atom. The topological polar surface area (TPSA) is 51.2 Å². The molecule has 0 unspecified atom stereocenters. The molecule has 0 spiro atoms. The Balaban J connectivity index is 1.46. The van der Waals surface area contributed by atoms with Crippen molar-refractivity contribution in [2.24, 2.45) is 0 Å². The number of aryl methyl sites for hydroxylation is 2. The van der Waals surface area contributed by atoms with Gasteiger partial charge in [0.2, 0.25) is 5.91 Å². The van der Waals surface area contributed by atoms with Gasteiger partial charge in [-0.3, -0.25) is 4.79 Å². The number of thiazole rings is 1. The second-order valence-electron chi connectivity index (χ2n) is 6.82. The lowest BCUT2D eigenvalue weighted by Crippen LogP contribution is -2.26. The molecule has 0 radical (unpaired) electrons. The first-order chi connectivity index (χ1) is 13.1. The third-order valence-corrected chi connectivity index (χ3v) is 5.71. The van der Waals surface area contributed by atoms with Gasteiger partial charge in [0.1, 0.15) is 5.75 Å². The summed E-state index contributed by atoms with van der Waals surface area (Å²) in [4.78, 5) is 16.9. The van der Waals surface area contributed by atoms with Crippen molar-refractivity contribution in [1.82, 2.24) is 10.3 Å². The number of unbranched alkanes of at least 4 members (excludes halogenated alkanes) is 1. The van der Waals surface area contributed by atoms with Gasteiger partial charge in [-0.15, -0.1) is 11.3 Å². The van der Waals surface area contributed by atoms with Crippen LogP contribution in [0.4, 0.5) is 0 Å². The highest BCUT2D eigenvalue weighted by atomic mass is 32.1. The zero-order valence-corrected chi connectivity index (χ0v) is 16.9. The molecular formula is C22H26N2O2S. The van der Waals surface area contributed by atoms with Crippen LogP contribution in [0.1, 0.15) is 48.4 Å². The quantitative estimate of drug-likeness (QED) is 0.545. The minimum Gasteiger partial charge on any atom is -0.496 e. The van der Waals surface area contributed by atoms with E-state index in [1.807, 2.05) is 44.2 Å². The van der Waals surface area contributed by atoms with E-state index >= 15 is 0 Å². The maximum Gasteiger partial charge on any atom is 0.220 e. The first kappa shape index (κ1) is 19.4. The second-order valence-corrected chi connectivity index (χ2v) is 7.93. The third-order valence-electron chi connectivity index (χ3n) is 4.61. The molecule has 1 aromatic heterocycles. The summed E-state index contributed by atoms with van der Waals surface area (Å²) < 4.78 is 6.65. The predicted molar refractivity (Wildman–Crippen MR) is 111 cm³/mol. The maximum absolute atomic E-state index is 12.3. The third kappa shape index (κ3) is 5.07. The van der Waals surface area contributed by atoms with Gasteiger partial charge in [0.05, 0.1) is 28.4 Å². The minimum atomic E-state index is -0.0726. The number of amides is 1. The lowest BCUT2D eigenvalue weighted by molar-refractivity contribution is -0.121. The fourth-order valence-electron chi connectivity index (χ4n) is 3.17. The van der Waals surface area contributed by atoms with Crippen LogP contribution < -0.4 is 10.1 Å². The van der Waals surface area contributed by atoms with E-state index in [-0.39, 0.29) is 11.9 Å². The van der Waals surface area contributed by atoms with Crippen LogP contribution in [0.3, 0.4) is 0 Å². The molecule has 2 aromatic carbocycles. The van der Waals surface area contributed by atoms with Crippen LogP contribution >= 0.6 is 11.3 Å². The Morgan fingerprint density at radius 1 is 1.22 bits per heavy atom. The summed E-state index contributed by atoms with van der Waals surface area (Å²) in [5.41, 5.74) is 3.24. The van der Waals surface area contributed by atoms with E-state index in [0.29, 0.717) is 6.42 Å². The minimum absolute atomic E-state index is 0.0726. The number of nitrogens with one attached hydrogen (secondary N) is 1. The average molecular weight is 383 g/mol. The summed E-state index contributed by atoms with van der Waals surface area (Å²) in [5, 5.41) is 4.23. The zero-order chi connectivity index (χ0) is 19.2. The molecule has 0 aliphatic heterocycles. The molecule has 0 aliphatic carbocycles. The van der Waals surface area contributed by atoms with E-state index in [0.717, 1.165) is 46.7 Å². The van der Waals surface area contributed by atoms with Gasteiger partial charge < -0.3 is 10.1 Å². The van der Waals surface area contributed by atoms with Crippen LogP contribution in [0.15, 0.2) is 42.5 Å². The number of hydrogen-bond acceptors (Lipinski definition) is 4. The zero-order valence-electron chi connectivity index (χ0n) is 16.1. The van der Waals surface area contributed by atoms with Crippen molar-refractivity contribution >= 4 is 27.5 Å². The lowest BCUT2D eigenvalue weighted by atomic mass is 10.0. The van der Waals surface area contributed by atoms with Crippen molar-refractivity contribution in [3.05, 3.63) is 58.6 Å². The summed E-state index contributed by atoms with van der Waals surface area (Å²) >= 11 is 1.74. The average Bonchev–Trinajstić information content (AvgIpc) is 3.08. The number of methoxy groups -OCH3 is 1. The molecule has 0 saturated heterocycles. The van der Waals surface area contributed by atoms with Crippen molar-refractivity contribution in [3.63, 3.8) is 0 Å². The van der Waals surface area contributed by atoms with Crippen molar-refractivity contribution < 1.29 is 9.53 Å². The highest BCUT2D eigenvalue weighted by Gasteiger charge is 2.14. The fraction of sp³-hybridized carbons (Fsp3) is 0.364. The van der Waals surface area contributed by atoms with Crippen LogP contribution in [0.2, 0.25) is 0 Å². The molecule has 1 N–H and O–H groups in total. The first-order valence-electron chi connectivity index (χ1n) is 9.35. The van der Waals surface area contributed by atoms with Gasteiger partial charge in [0.25, 0.3) is 0 Å². The summed E-state index contributed by atoms with van der Waals surface area (Å²) in [5.74, 6) is 0.889. The van der Waals surface area contributed by atoms with Gasteiger partial charge in [-0.25, -0.2) is 4.98 Å². The van der Waals surface area contributed by atoms with Gasteiger partial charge >= 0.3 is 0 Å². The van der Waals surface area contributed by atoms with Gasteiger partial charge in [0.15, 0.2) is 0 Å². The molecule has 1 amide bonds. The molecule has 3 aromatic rings. The molecular weight excluding hydrogens is 356 g/mol. The SMILES string of the molecule is COc1ccc(C)cc1[C@H](C)NC(=O)CCCCc1nc2ccccc2s1. The van der Waals surface area contributed by atoms with Gasteiger partial charge in [-0.1, -0.05) is 29.8 Å². The lowest BCUT2D eigenvalue weighted by Gasteiger charge is -2.18. The Kier molecular flexibility index (Phi) is 6.45. The molecule has 0 fully saturated rings. The molecule has 1 atom stereocenters. The van der Waals surface area contributed by atoms with Crippen LogP contribution in [0, 0.1) is 6.92 Å². The van der Waals surface area contributed by atoms with E-state index in [9.17, 15) is 4.79 Å². The van der Waals surface area contributed by atoms with Crippen LogP contribution in [-0.4, -0.2) is 18.0 Å². The first-order valence-corrected chi connectivity index (χ1v) is 10.2. The number of rotatable bonds is 8. The monoisotopic (exact) mass is 382 g/mol. The largest absolute Gasteiger partial charge is 0.496 e. The number of nitrogens with zero attached hydrogens (tertiary/aromatic N) is 1. The summed E-state index contributed by atoms with van der Waals surface area (Å²) in [6, 6.07) is 14.2. The van der Waals surface area contributed by atoms with Gasteiger partial charge in [0, 0.05) is 12.0 Å². The van der Waals surface area contributed by atoms with Crippen LogP contribution in [-0.2, 0) is 11.2 Å². The highest BCUT2D eigenvalue weighted by Crippen LogP contribution is 2.26. The van der Waals surface area contributed by atoms with Gasteiger partial charge in [-0.05, 0) is 51.3 Å². The Hall–Kier alpha value is -2.40. The molecule has 142 valence electrons. The summed E-state index contributed by atoms with van der Waals surface area (Å²) in [6.07, 6.45) is 3.28. The Bertz CT molecular complexity index is 887. The van der Waals surface area contributed by atoms with Crippen molar-refractivity contribution in [1.29, 1.82) is 0 Å². The number of aromatic nitrogens is 1. The molecule has 0 saturated carbocycles. The van der Waals surface area contributed by atoms with E-state index in [1.54, 1.807) is 18.4 Å². The number of hydrogen-bond donors (Lipinski definition) is 1. The van der Waals surface area contributed by atoms with Crippen molar-refractivity contribution in [2.45, 2.75) is 45.6 Å². The Morgan fingerprint density at radius 3 is 2.81 bits per heavy atom. The second kappa shape index (κ2) is 9.00. The van der Waals surface area contributed by atoms with E-state index in [4.69, 9.17) is 4.74 Å². The molecule has 0 bridgehead atoms. The maximum atomic E-state index is 12.3. The van der Waals surface area contributed by atoms with E-state index in [2.05, 4.69) is 22.4 Å². The fourth-order valence-corrected chi connectivity index (χ4v) is 4.18. The van der Waals surface area contributed by atoms with Gasteiger partial charge in [-0.2, -0.15) is 0 Å². The highest BCUT2D eigenvalue weighted by molar-refractivity contribution is 7.18. The summed E-state index contributed by atoms with van der Waals surface area (Å²) in [6.45, 7) is 4.04. The molecule has 0 aliphatic rings. The smallest absolute Gasteiger partial charge is 0.220 e. The van der Waals surface area contributed by atoms with Crippen molar-refractivity contribution in [3.8, 4) is 5.75 Å². The van der Waals surface area contributed by atoms with E-state index in [1.165, 1.54) is 4.70 Å². The summed E-state index contributed by atoms with van der Waals surface area (Å²) in [7, 11) is 1.66. The van der Waals surface area contributed by atoms with Crippen LogP contribution in [0.5, 0.6) is 5.75 Å². The number of benzene rings is 2. The predicted octanol–water partition coefficient (Wildman–Crippen LogP) is 5.20. The Labute approximate surface area is 164 Å². The number of para-hydroxylation sites is 1. The van der Waals surface area contributed by atoms with Crippen LogP contribution in [0.25, 0.3) is 10.2 Å². The number of ether oxygens (including phenoxy) is 1. The molecule has 3 rings (SSSR count). The number of carbonyl (C=O) groups excluding carboxylic acids is 1. The normalized spacial score (nSPS) is 12.1.